The predicted molar refractivity (Wildman–Crippen MR) is 91.2 cm³/mol. The van der Waals surface area contributed by atoms with Crippen LogP contribution in [0.4, 0.5) is 0 Å². The fourth-order valence-corrected chi connectivity index (χ4v) is 3.58. The van der Waals surface area contributed by atoms with Crippen molar-refractivity contribution < 1.29 is 4.79 Å². The van der Waals surface area contributed by atoms with Gasteiger partial charge < -0.3 is 10.6 Å². The number of likely N-dealkylation sites (tertiary alicyclic amines) is 1. The van der Waals surface area contributed by atoms with E-state index in [0.29, 0.717) is 12.6 Å². The van der Waals surface area contributed by atoms with Crippen molar-refractivity contribution in [3.05, 3.63) is 35.9 Å². The minimum Gasteiger partial charge on any atom is -0.348 e. The van der Waals surface area contributed by atoms with Crippen LogP contribution in [-0.2, 0) is 4.79 Å². The van der Waals surface area contributed by atoms with Crippen LogP contribution >= 0.6 is 12.4 Å². The molecule has 0 bridgehead atoms. The number of nitrogens with zero attached hydrogens (tertiary/aromatic N) is 1. The average Bonchev–Trinajstić information content (AvgIpc) is 2.95. The molecule has 0 radical (unpaired) electrons. The Morgan fingerprint density at radius 3 is 2.91 bits per heavy atom. The van der Waals surface area contributed by atoms with E-state index in [1.165, 1.54) is 12.8 Å². The number of hydrogen-bond donors (Lipinski definition) is 2. The van der Waals surface area contributed by atoms with Gasteiger partial charge in [0, 0.05) is 19.1 Å². The third-order valence-electron chi connectivity index (χ3n) is 4.78. The van der Waals surface area contributed by atoms with Crippen molar-refractivity contribution in [3.63, 3.8) is 0 Å². The van der Waals surface area contributed by atoms with Crippen molar-refractivity contribution in [1.29, 1.82) is 0 Å². The number of carbonyl (C=O) groups is 1. The Hall–Kier alpha value is -1.10. The topological polar surface area (TPSA) is 44.4 Å². The summed E-state index contributed by atoms with van der Waals surface area (Å²) in [5.41, 5.74) is 1.16. The largest absolute Gasteiger partial charge is 0.348 e. The zero-order valence-corrected chi connectivity index (χ0v) is 13.9. The summed E-state index contributed by atoms with van der Waals surface area (Å²) in [6, 6.07) is 10.9. The van der Waals surface area contributed by atoms with E-state index in [0.717, 1.165) is 31.1 Å². The number of amides is 1. The third kappa shape index (κ3) is 4.22. The second kappa shape index (κ2) is 7.95. The zero-order valence-electron chi connectivity index (χ0n) is 13.1. The van der Waals surface area contributed by atoms with Crippen LogP contribution in [0.5, 0.6) is 0 Å². The molecule has 0 saturated carbocycles. The molecule has 3 rings (SSSR count). The van der Waals surface area contributed by atoms with Gasteiger partial charge in [-0.3, -0.25) is 9.69 Å². The van der Waals surface area contributed by atoms with Gasteiger partial charge in [0.05, 0.1) is 12.6 Å². The Kier molecular flexibility index (Phi) is 6.24. The van der Waals surface area contributed by atoms with Crippen LogP contribution in [0.15, 0.2) is 30.3 Å². The summed E-state index contributed by atoms with van der Waals surface area (Å²) in [6.07, 6.45) is 2.43. The Bertz CT molecular complexity index is 482. The van der Waals surface area contributed by atoms with Crippen LogP contribution in [0, 0.1) is 5.92 Å². The van der Waals surface area contributed by atoms with Gasteiger partial charge in [0.2, 0.25) is 5.91 Å². The van der Waals surface area contributed by atoms with E-state index in [2.05, 4.69) is 27.7 Å². The van der Waals surface area contributed by atoms with Gasteiger partial charge in [0.1, 0.15) is 0 Å². The molecule has 2 N–H and O–H groups in total. The molecule has 122 valence electrons. The molecule has 3 unspecified atom stereocenters. The minimum atomic E-state index is 0. The maximum atomic E-state index is 12.2. The van der Waals surface area contributed by atoms with Crippen molar-refractivity contribution >= 4 is 18.3 Å². The van der Waals surface area contributed by atoms with E-state index >= 15 is 0 Å². The zero-order chi connectivity index (χ0) is 14.7. The Labute approximate surface area is 139 Å². The smallest absolute Gasteiger partial charge is 0.234 e. The molecule has 1 aromatic carbocycles. The summed E-state index contributed by atoms with van der Waals surface area (Å²) in [4.78, 5) is 14.5. The molecule has 2 heterocycles. The fourth-order valence-electron chi connectivity index (χ4n) is 3.58. The number of nitrogens with one attached hydrogen (secondary N) is 2. The van der Waals surface area contributed by atoms with Crippen LogP contribution in [0.3, 0.4) is 0 Å². The number of carbonyl (C=O) groups excluding carboxylic acids is 1. The minimum absolute atomic E-state index is 0. The number of piperidine rings is 1. The highest BCUT2D eigenvalue weighted by Gasteiger charge is 2.33. The average molecular weight is 324 g/mol. The molecule has 1 amide bonds. The molecule has 2 aliphatic heterocycles. The van der Waals surface area contributed by atoms with Gasteiger partial charge in [0.15, 0.2) is 0 Å². The Morgan fingerprint density at radius 1 is 1.36 bits per heavy atom. The molecule has 0 aromatic heterocycles. The molecule has 2 aliphatic rings. The first kappa shape index (κ1) is 17.3. The summed E-state index contributed by atoms with van der Waals surface area (Å²) in [5, 5.41) is 6.67. The first-order valence-electron chi connectivity index (χ1n) is 8.02. The van der Waals surface area contributed by atoms with E-state index in [-0.39, 0.29) is 24.4 Å². The molecule has 1 aromatic rings. The maximum absolute atomic E-state index is 12.2. The van der Waals surface area contributed by atoms with Gasteiger partial charge in [-0.1, -0.05) is 30.3 Å². The van der Waals surface area contributed by atoms with Crippen molar-refractivity contribution in [3.8, 4) is 0 Å². The summed E-state index contributed by atoms with van der Waals surface area (Å²) < 4.78 is 0. The summed E-state index contributed by atoms with van der Waals surface area (Å²) in [7, 11) is 0. The van der Waals surface area contributed by atoms with E-state index in [9.17, 15) is 4.79 Å². The summed E-state index contributed by atoms with van der Waals surface area (Å²) in [5.74, 6) is 0.869. The number of fused-ring (bicyclic) bond motifs is 1. The number of rotatable bonds is 4. The lowest BCUT2D eigenvalue weighted by Crippen LogP contribution is -2.48. The first-order chi connectivity index (χ1) is 10.2. The van der Waals surface area contributed by atoms with E-state index in [4.69, 9.17) is 0 Å². The Morgan fingerprint density at radius 2 is 2.14 bits per heavy atom. The van der Waals surface area contributed by atoms with Crippen molar-refractivity contribution in [1.82, 2.24) is 15.5 Å². The molecule has 2 saturated heterocycles. The highest BCUT2D eigenvalue weighted by Crippen LogP contribution is 2.24. The highest BCUT2D eigenvalue weighted by atomic mass is 35.5. The predicted octanol–water partition coefficient (Wildman–Crippen LogP) is 1.97. The molecule has 5 heteroatoms. The van der Waals surface area contributed by atoms with E-state index in [1.54, 1.807) is 0 Å². The number of hydrogen-bond acceptors (Lipinski definition) is 3. The van der Waals surface area contributed by atoms with Crippen LogP contribution in [0.25, 0.3) is 0 Å². The first-order valence-corrected chi connectivity index (χ1v) is 8.02. The van der Waals surface area contributed by atoms with Crippen LogP contribution in [0.2, 0.25) is 0 Å². The maximum Gasteiger partial charge on any atom is 0.234 e. The molecule has 0 spiro atoms. The molecule has 4 nitrogen and oxygen atoms in total. The SMILES string of the molecule is CC(NC(=O)CN1CCC2NCCC2C1)c1ccccc1.Cl. The van der Waals surface area contributed by atoms with Crippen molar-refractivity contribution in [2.75, 3.05) is 26.2 Å². The normalized spacial score (nSPS) is 25.9. The lowest BCUT2D eigenvalue weighted by atomic mass is 9.93. The molecule has 2 fully saturated rings. The molecule has 3 atom stereocenters. The van der Waals surface area contributed by atoms with E-state index in [1.807, 2.05) is 25.1 Å². The van der Waals surface area contributed by atoms with Crippen LogP contribution < -0.4 is 10.6 Å². The van der Waals surface area contributed by atoms with Gasteiger partial charge in [-0.05, 0) is 37.8 Å². The second-order valence-corrected chi connectivity index (χ2v) is 6.33. The van der Waals surface area contributed by atoms with Gasteiger partial charge in [0.25, 0.3) is 0 Å². The Balaban J connectivity index is 0.00000176. The van der Waals surface area contributed by atoms with Crippen molar-refractivity contribution in [2.45, 2.75) is 31.8 Å². The van der Waals surface area contributed by atoms with Gasteiger partial charge >= 0.3 is 0 Å². The lowest BCUT2D eigenvalue weighted by Gasteiger charge is -2.34. The van der Waals surface area contributed by atoms with Gasteiger partial charge in [-0.25, -0.2) is 0 Å². The van der Waals surface area contributed by atoms with Gasteiger partial charge in [-0.2, -0.15) is 0 Å². The van der Waals surface area contributed by atoms with Crippen LogP contribution in [0.1, 0.15) is 31.4 Å². The molecule has 0 aliphatic carbocycles. The van der Waals surface area contributed by atoms with Crippen molar-refractivity contribution in [2.24, 2.45) is 5.92 Å². The summed E-state index contributed by atoms with van der Waals surface area (Å²) in [6.45, 7) is 5.80. The van der Waals surface area contributed by atoms with E-state index < -0.39 is 0 Å². The van der Waals surface area contributed by atoms with Crippen LogP contribution in [-0.4, -0.2) is 43.0 Å². The standard InChI is InChI=1S/C17H25N3O.ClH/c1-13(14-5-3-2-4-6-14)19-17(21)12-20-10-8-16-15(11-20)7-9-18-16;/h2-6,13,15-16,18H,7-12H2,1H3,(H,19,21);1H. The quantitative estimate of drug-likeness (QED) is 0.890. The fraction of sp³-hybridized carbons (Fsp3) is 0.588. The highest BCUT2D eigenvalue weighted by molar-refractivity contribution is 5.85. The molecular weight excluding hydrogens is 298 g/mol. The second-order valence-electron chi connectivity index (χ2n) is 6.33. The number of halogens is 1. The molecular formula is C17H26ClN3O. The summed E-state index contributed by atoms with van der Waals surface area (Å²) >= 11 is 0. The third-order valence-corrected chi connectivity index (χ3v) is 4.78. The number of benzene rings is 1. The monoisotopic (exact) mass is 323 g/mol. The lowest BCUT2D eigenvalue weighted by molar-refractivity contribution is -0.123. The van der Waals surface area contributed by atoms with Gasteiger partial charge in [-0.15, -0.1) is 12.4 Å². The molecule has 22 heavy (non-hydrogen) atoms.